The minimum Gasteiger partial charge on any atom is -0.497 e. The van der Waals surface area contributed by atoms with E-state index in [4.69, 9.17) is 71.1 Å². The molecule has 0 amide bonds. The Morgan fingerprint density at radius 2 is 0.660 bits per heavy atom. The molecular weight excluding hydrogens is 1300 g/mol. The van der Waals surface area contributed by atoms with Crippen molar-refractivity contribution in [2.45, 2.75) is 92.1 Å². The van der Waals surface area contributed by atoms with Gasteiger partial charge in [-0.05, 0) is 109 Å². The van der Waals surface area contributed by atoms with E-state index in [9.17, 15) is 43.8 Å². The zero-order valence-corrected chi connectivity index (χ0v) is 53.4. The van der Waals surface area contributed by atoms with Crippen LogP contribution in [0.3, 0.4) is 0 Å². The monoisotopic (exact) mass is 1370 g/mol. The van der Waals surface area contributed by atoms with Gasteiger partial charge in [0.1, 0.15) is 48.6 Å². The van der Waals surface area contributed by atoms with Crippen molar-refractivity contribution in [2.75, 3.05) is 27.4 Å². The number of ether oxygens (including phenoxy) is 15. The van der Waals surface area contributed by atoms with Gasteiger partial charge in [0.2, 0.25) is 12.6 Å². The van der Waals surface area contributed by atoms with E-state index in [0.717, 1.165) is 7.11 Å². The van der Waals surface area contributed by atoms with Crippen LogP contribution in [0.5, 0.6) is 11.5 Å². The second-order valence-corrected chi connectivity index (χ2v) is 22.6. The van der Waals surface area contributed by atoms with Gasteiger partial charge in [-0.1, -0.05) is 127 Å². The van der Waals surface area contributed by atoms with Crippen molar-refractivity contribution in [3.8, 4) is 11.5 Å². The number of aliphatic hydroxyl groups excluding tert-OH is 2. The first kappa shape index (κ1) is 70.2. The summed E-state index contributed by atoms with van der Waals surface area (Å²) in [6.45, 7) is -1.86. The number of aliphatic hydroxyl groups is 2. The molecule has 0 bridgehead atoms. The fourth-order valence-corrected chi connectivity index (χ4v) is 11.1. The van der Waals surface area contributed by atoms with E-state index in [2.05, 4.69) is 0 Å². The third kappa shape index (κ3) is 17.0. The van der Waals surface area contributed by atoms with Crippen LogP contribution < -0.4 is 9.47 Å². The average Bonchev–Trinajstić information content (AvgIpc) is 0.757. The molecule has 0 radical (unpaired) electrons. The molecule has 0 aliphatic carbocycles. The van der Waals surface area contributed by atoms with Crippen molar-refractivity contribution in [1.29, 1.82) is 0 Å². The molecule has 0 aromatic heterocycles. The molecule has 15 atom stereocenters. The molecule has 0 saturated carbocycles. The number of carbonyl (C=O) groups excluding carboxylic acids is 8. The number of esters is 8. The van der Waals surface area contributed by atoms with Gasteiger partial charge < -0.3 is 81.3 Å². The molecule has 100 heavy (non-hydrogen) atoms. The first-order chi connectivity index (χ1) is 48.7. The highest BCUT2D eigenvalue weighted by Gasteiger charge is 2.61. The third-order valence-corrected chi connectivity index (χ3v) is 16.1. The Morgan fingerprint density at radius 3 is 1.05 bits per heavy atom. The van der Waals surface area contributed by atoms with E-state index in [-0.39, 0.29) is 44.7 Å². The Labute approximate surface area is 571 Å². The van der Waals surface area contributed by atoms with Gasteiger partial charge in [0.25, 0.3) is 0 Å². The molecule has 25 heteroatoms. The van der Waals surface area contributed by atoms with Crippen LogP contribution in [-0.4, -0.2) is 178 Å². The van der Waals surface area contributed by atoms with Crippen LogP contribution in [0.1, 0.15) is 72.5 Å². The molecule has 8 aromatic carbocycles. The summed E-state index contributed by atoms with van der Waals surface area (Å²) in [7, 11) is 2.41. The van der Waals surface area contributed by atoms with Gasteiger partial charge in [-0.2, -0.15) is 0 Å². The summed E-state index contributed by atoms with van der Waals surface area (Å²) in [5, 5.41) is 23.6. The second-order valence-electron chi connectivity index (χ2n) is 22.6. The summed E-state index contributed by atoms with van der Waals surface area (Å²) in [4.78, 5) is 117. The lowest BCUT2D eigenvalue weighted by Crippen LogP contribution is -2.69. The van der Waals surface area contributed by atoms with Crippen molar-refractivity contribution in [3.63, 3.8) is 0 Å². The first-order valence-corrected chi connectivity index (χ1v) is 31.4. The second kappa shape index (κ2) is 33.4. The molecule has 3 fully saturated rings. The lowest BCUT2D eigenvalue weighted by atomic mass is 9.94. The topological polar surface area (TPSA) is 315 Å². The number of hydrogen-bond donors (Lipinski definition) is 2. The number of hydrogen-bond acceptors (Lipinski definition) is 25. The van der Waals surface area contributed by atoms with Crippen LogP contribution in [0.4, 0.5) is 0 Å². The van der Waals surface area contributed by atoms with E-state index in [1.165, 1.54) is 165 Å². The van der Waals surface area contributed by atoms with E-state index in [0.29, 0.717) is 5.75 Å². The van der Waals surface area contributed by atoms with Gasteiger partial charge in [0.15, 0.2) is 49.0 Å². The zero-order chi connectivity index (χ0) is 70.1. The number of benzene rings is 8. The van der Waals surface area contributed by atoms with Gasteiger partial charge in [-0.3, -0.25) is 0 Å². The molecule has 11 rings (SSSR count). The quantitative estimate of drug-likeness (QED) is 0.0431. The number of methoxy groups -OCH3 is 2. The highest BCUT2D eigenvalue weighted by molar-refractivity contribution is 5.93. The number of carbonyl (C=O) groups is 8. The van der Waals surface area contributed by atoms with Crippen LogP contribution in [0.2, 0.25) is 0 Å². The summed E-state index contributed by atoms with van der Waals surface area (Å²) >= 11 is 0. The van der Waals surface area contributed by atoms with E-state index < -0.39 is 153 Å². The van der Waals surface area contributed by atoms with Crippen LogP contribution in [0.15, 0.2) is 237 Å². The van der Waals surface area contributed by atoms with Crippen molar-refractivity contribution in [2.24, 2.45) is 0 Å². The molecule has 0 spiro atoms. The molecule has 2 N–H and O–H groups in total. The van der Waals surface area contributed by atoms with E-state index >= 15 is 4.79 Å². The molecule has 3 aliphatic heterocycles. The van der Waals surface area contributed by atoms with Gasteiger partial charge in [0, 0.05) is 0 Å². The van der Waals surface area contributed by atoms with Gasteiger partial charge >= 0.3 is 47.8 Å². The largest absolute Gasteiger partial charge is 0.497 e. The number of rotatable bonds is 24. The van der Waals surface area contributed by atoms with Gasteiger partial charge in [0.05, 0.1) is 59.8 Å². The molecule has 25 nitrogen and oxygen atoms in total. The lowest BCUT2D eigenvalue weighted by molar-refractivity contribution is -0.373. The van der Waals surface area contributed by atoms with E-state index in [1.54, 1.807) is 78.9 Å². The maximum atomic E-state index is 15.1. The van der Waals surface area contributed by atoms with Crippen molar-refractivity contribution < 1.29 is 120 Å². The van der Waals surface area contributed by atoms with Crippen LogP contribution in [0.25, 0.3) is 0 Å². The molecule has 3 saturated heterocycles. The third-order valence-electron chi connectivity index (χ3n) is 16.1. The fraction of sp³-hybridized carbons (Fsp3) is 0.253. The molecular formula is C75H66O25. The molecule has 516 valence electrons. The summed E-state index contributed by atoms with van der Waals surface area (Å²) < 4.78 is 94.4. The lowest BCUT2D eigenvalue weighted by Gasteiger charge is -2.50. The van der Waals surface area contributed by atoms with E-state index in [1.807, 2.05) is 0 Å². The minimum atomic E-state index is -2.39. The predicted octanol–water partition coefficient (Wildman–Crippen LogP) is 7.76. The minimum absolute atomic E-state index is 0.00581. The molecule has 3 heterocycles. The predicted molar refractivity (Wildman–Crippen MR) is 345 cm³/mol. The zero-order valence-electron chi connectivity index (χ0n) is 53.4. The summed E-state index contributed by atoms with van der Waals surface area (Å²) in [5.41, 5.74) is -0.463. The van der Waals surface area contributed by atoms with Crippen LogP contribution >= 0.6 is 0 Å². The van der Waals surface area contributed by atoms with Crippen LogP contribution in [0, 0.1) is 0 Å². The smallest absolute Gasteiger partial charge is 0.339 e. The Morgan fingerprint density at radius 1 is 0.340 bits per heavy atom. The van der Waals surface area contributed by atoms with Crippen molar-refractivity contribution in [3.05, 3.63) is 276 Å². The van der Waals surface area contributed by atoms with Crippen molar-refractivity contribution in [1.82, 2.24) is 0 Å². The highest BCUT2D eigenvalue weighted by atomic mass is 16.8. The standard InChI is InChI=1S/C75H66O25/c1-86-51-38-40-52(41-39-51)89-73-62(95-69(82)48-32-18-7-19-33-48)57(55(77)53(42-76)90-73)98-74-63(96-70(83)49-34-20-8-21-35-49)58(56(92-66(79)45-26-12-4-13-27-45)54(91-74)43-88-65(78)44-24-10-3-11-25-44)99-75-64(97-71(84)50-36-22-9-23-37-50)60(94-68(81)47-30-16-6-17-31-47)59(61(100-75)72(85)87-2)93-67(80)46-28-14-5-15-29-46/h3-41,53-64,73-77H,42-43H2,1-2H3/t53-,54-,55+,56+,57+,58+,59+,60+,61+,62-,63-,64-,73-,74+,75-/m1/s1. The summed E-state index contributed by atoms with van der Waals surface area (Å²) in [6, 6.07) is 58.4. The first-order valence-electron chi connectivity index (χ1n) is 31.4. The SMILES string of the molecule is COC(=O)[C@H]1O[C@@H](O[C@H]2[C@@H](OC(=O)c3ccccc3)[C@@H](COC(=O)c3ccccc3)O[C@@H](O[C@H]3[C@@H](O)[C@@H](CO)O[C@@H](Oc4ccc(OC)cc4)[C@@H]3OC(=O)c3ccccc3)[C@@H]2OC(=O)c2ccccc2)[C@H](OC(=O)c2ccccc2)[C@@H](OC(=O)c2ccccc2)[C@@H]1OC(=O)c1ccccc1. The fourth-order valence-electron chi connectivity index (χ4n) is 11.1. The summed E-state index contributed by atoms with van der Waals surface area (Å²) in [6.07, 6.45) is -31.3. The maximum absolute atomic E-state index is 15.1. The Balaban J connectivity index is 1.11. The molecule has 3 aliphatic rings. The molecule has 8 aromatic rings. The summed E-state index contributed by atoms with van der Waals surface area (Å²) in [5.74, 6) is -8.42. The highest BCUT2D eigenvalue weighted by Crippen LogP contribution is 2.40. The normalized spacial score (nSPS) is 24.7. The Bertz CT molecular complexity index is 4040. The molecule has 0 unspecified atom stereocenters. The Hall–Kier alpha value is -11.2. The maximum Gasteiger partial charge on any atom is 0.339 e. The van der Waals surface area contributed by atoms with Gasteiger partial charge in [-0.25, -0.2) is 38.4 Å². The Kier molecular flexibility index (Phi) is 23.4. The average molecular weight is 1370 g/mol. The van der Waals surface area contributed by atoms with Crippen molar-refractivity contribution >= 4 is 47.8 Å². The van der Waals surface area contributed by atoms with Gasteiger partial charge in [-0.15, -0.1) is 0 Å². The van der Waals surface area contributed by atoms with Crippen LogP contribution in [-0.2, 0) is 66.4 Å².